The third-order valence-electron chi connectivity index (χ3n) is 24.0. The average Bonchev–Trinajstić information content (AvgIpc) is 1.30. The Bertz CT molecular complexity index is 8890. The first-order valence-corrected chi connectivity index (χ1v) is 55.5. The van der Waals surface area contributed by atoms with E-state index in [0.717, 1.165) is 147 Å². The summed E-state index contributed by atoms with van der Waals surface area (Å²) in [6.07, 6.45) is 11.9. The number of hydrogen-bond acceptors (Lipinski definition) is 13. The maximum atomic E-state index is 14.7. The molecule has 0 N–H and O–H groups in total. The van der Waals surface area contributed by atoms with Crippen molar-refractivity contribution in [3.63, 3.8) is 0 Å². The van der Waals surface area contributed by atoms with Gasteiger partial charge in [0.2, 0.25) is 17.4 Å². The molecule has 0 spiro atoms. The standard InChI is InChI=1S/C24H27FNSi.C23H20N3O.C19H12FN4O.C19H12N3O.C16H19FNSi.C15H17FNSi.3Ir/c1-17(2)13-19-15-23(21-12-11-18(3)14-22(21)25)26-16-24(19)27(4,5)20-9-7-6-8-10-20;1-14-9-11-16-17-13-15(10-12-20(17)27-22(16)24-14)21-25-18-7-5-6-8-19(18)26(21)23(2,3)4;1-2-24-15-6-4-3-5-14(15)22-17(24)11-9-13-12-7-8-16(20)23-19(12)25-18(13)21-10-11;1-22-16-8-4-3-7-15(16)21-18(22)12-10-14-13-6-2-5-9-17(13)23-19(14)20-11-12;1-11-7-6-8-13(16(11)17)14-9-12(2)15(10-18-14)19(3,4)5;1-11-9-14(12-7-5-6-8-13(12)16)17-10-15(11)18(2,3)4;;;/h6-11,14-17H,13H2,1-5H3;5-9,11-13H,1-4H3;3-9H,2H2,1H3;2-10H,1H3;6-7,9-10H,1-5H3;5-6,8-10H,1-4H3;;;/q6*-1;;;/i3D3;;;;1D3,2D3;1D3;;;. The van der Waals surface area contributed by atoms with E-state index in [1.165, 1.54) is 58.5 Å². The van der Waals surface area contributed by atoms with Gasteiger partial charge in [-0.15, -0.1) is 102 Å². The van der Waals surface area contributed by atoms with Gasteiger partial charge in [0.1, 0.15) is 25.1 Å². The molecule has 16 nitrogen and oxygen atoms in total. The summed E-state index contributed by atoms with van der Waals surface area (Å²) < 4.78 is 171. The van der Waals surface area contributed by atoms with Crippen LogP contribution in [0.25, 0.3) is 167 Å². The minimum Gasteiger partial charge on any atom is -0.486 e. The Morgan fingerprint density at radius 3 is 1.61 bits per heavy atom. The molecule has 0 saturated carbocycles. The molecule has 9 aromatic carbocycles. The number of furan rings is 3. The van der Waals surface area contributed by atoms with Crippen LogP contribution in [0.2, 0.25) is 52.4 Å². The average molecular weight is 2480 g/mol. The maximum absolute atomic E-state index is 14.7. The van der Waals surface area contributed by atoms with Crippen molar-refractivity contribution in [3.05, 3.63) is 349 Å². The van der Waals surface area contributed by atoms with Gasteiger partial charge in [0.15, 0.2) is 0 Å². The number of benzene rings is 9. The fourth-order valence-electron chi connectivity index (χ4n) is 17.1. The van der Waals surface area contributed by atoms with E-state index in [2.05, 4.69) is 226 Å². The summed E-state index contributed by atoms with van der Waals surface area (Å²) in [6, 6.07) is 83.5. The number of nitrogens with zero attached hydrogens (tertiary/aromatic N) is 13. The predicted molar refractivity (Wildman–Crippen MR) is 563 cm³/mol. The van der Waals surface area contributed by atoms with Gasteiger partial charge in [0.25, 0.3) is 0 Å². The van der Waals surface area contributed by atoms with Gasteiger partial charge in [-0.2, -0.15) is 9.37 Å². The summed E-state index contributed by atoms with van der Waals surface area (Å²) >= 11 is 0. The van der Waals surface area contributed by atoms with Gasteiger partial charge in [-0.3, -0.25) is 28.1 Å². The quantitative estimate of drug-likeness (QED) is 0.0460. The molecule has 142 heavy (non-hydrogen) atoms. The zero-order valence-corrected chi connectivity index (χ0v) is 91.0. The fourth-order valence-corrected chi connectivity index (χ4v) is 22.5. The predicted octanol–water partition coefficient (Wildman–Crippen LogP) is 26.9. The molecule has 0 bridgehead atoms. The van der Waals surface area contributed by atoms with E-state index in [1.807, 2.05) is 143 Å². The molecule has 22 rings (SSSR count). The number of pyridine rings is 7. The Morgan fingerprint density at radius 1 is 0.437 bits per heavy atom. The maximum Gasteiger partial charge on any atom is 0.220 e. The normalized spacial score (nSPS) is 13.2. The van der Waals surface area contributed by atoms with Crippen LogP contribution in [0.1, 0.15) is 91.5 Å². The van der Waals surface area contributed by atoms with E-state index in [4.69, 9.17) is 44.7 Å². The second-order valence-electron chi connectivity index (χ2n) is 37.9. The summed E-state index contributed by atoms with van der Waals surface area (Å²) in [5.74, 6) is 0.400. The van der Waals surface area contributed by atoms with E-state index in [0.29, 0.717) is 39.6 Å². The minimum absolute atomic E-state index is 0. The van der Waals surface area contributed by atoms with E-state index in [1.54, 1.807) is 24.4 Å². The molecule has 0 atom stereocenters. The monoisotopic (exact) mass is 2480 g/mol. The molecule has 3 radical (unpaired) electrons. The first kappa shape index (κ1) is 89.3. The third kappa shape index (κ3) is 22.3. The van der Waals surface area contributed by atoms with E-state index in [-0.39, 0.29) is 111 Å². The number of hydrogen-bond donors (Lipinski definition) is 0. The van der Waals surface area contributed by atoms with Crippen LogP contribution in [0.15, 0.2) is 268 Å². The Morgan fingerprint density at radius 2 is 0.972 bits per heavy atom. The molecule has 727 valence electrons. The summed E-state index contributed by atoms with van der Waals surface area (Å²) in [5, 5.41) is 9.61. The zero-order chi connectivity index (χ0) is 108. The molecule has 0 aliphatic rings. The van der Waals surface area contributed by atoms with Gasteiger partial charge in [0.05, 0.1) is 72.3 Å². The van der Waals surface area contributed by atoms with Crippen molar-refractivity contribution in [1.29, 1.82) is 0 Å². The number of halogens is 4. The topological polar surface area (TPSA) is 183 Å². The van der Waals surface area contributed by atoms with Gasteiger partial charge >= 0.3 is 0 Å². The summed E-state index contributed by atoms with van der Waals surface area (Å²) in [5.41, 5.74) is 15.3. The first-order chi connectivity index (χ1) is 71.3. The Kier molecular flexibility index (Phi) is 27.4. The Hall–Kier alpha value is -12.8. The number of para-hydroxylation sites is 7. The molecule has 0 aliphatic heterocycles. The summed E-state index contributed by atoms with van der Waals surface area (Å²) in [6.45, 7) is 23.0. The van der Waals surface area contributed by atoms with Gasteiger partial charge in [-0.1, -0.05) is 244 Å². The van der Waals surface area contributed by atoms with Crippen LogP contribution < -0.4 is 20.7 Å². The molecule has 0 saturated heterocycles. The van der Waals surface area contributed by atoms with Crippen LogP contribution in [0.3, 0.4) is 0 Å². The summed E-state index contributed by atoms with van der Waals surface area (Å²) in [7, 11) is -3.80. The van der Waals surface area contributed by atoms with Crippen molar-refractivity contribution in [1.82, 2.24) is 63.5 Å². The van der Waals surface area contributed by atoms with Gasteiger partial charge in [-0.25, -0.2) is 4.98 Å². The number of aromatic nitrogens is 13. The molecule has 0 amide bonds. The van der Waals surface area contributed by atoms with Crippen molar-refractivity contribution in [2.24, 2.45) is 13.0 Å². The molecule has 26 heteroatoms. The van der Waals surface area contributed by atoms with E-state index in [9.17, 15) is 17.6 Å². The van der Waals surface area contributed by atoms with Crippen LogP contribution in [0.4, 0.5) is 17.6 Å². The zero-order valence-electron chi connectivity index (χ0n) is 92.8. The minimum atomic E-state index is -2.61. The van der Waals surface area contributed by atoms with Crippen LogP contribution in [0.5, 0.6) is 0 Å². The molecule has 0 unspecified atom stereocenters. The largest absolute Gasteiger partial charge is 0.486 e. The first-order valence-electron chi connectivity index (χ1n) is 51.5. The smallest absolute Gasteiger partial charge is 0.220 e. The van der Waals surface area contributed by atoms with Crippen LogP contribution >= 0.6 is 0 Å². The fraction of sp³-hybridized carbons (Fsp3) is 0.207. The van der Waals surface area contributed by atoms with Gasteiger partial charge < -0.3 is 51.9 Å². The van der Waals surface area contributed by atoms with Gasteiger partial charge in [0, 0.05) is 154 Å². The van der Waals surface area contributed by atoms with Crippen LogP contribution in [-0.4, -0.2) is 87.8 Å². The molecule has 0 fully saturated rings. The third-order valence-corrected chi connectivity index (χ3v) is 31.6. The van der Waals surface area contributed by atoms with Crippen molar-refractivity contribution < 1.29 is 108 Å². The number of aryl methyl sites for hydroxylation is 7. The molecule has 13 heterocycles. The molecular formula is C116H107F4Ir3N13O3Si3-6. The number of rotatable bonds is 13. The Labute approximate surface area is 885 Å². The van der Waals surface area contributed by atoms with Crippen molar-refractivity contribution >= 4 is 144 Å². The SMILES string of the molecule is CCn1c(-c2[c-]nc3oc4nc(F)ccc4c3c2)nc2ccccc21.Cc1ccc2c(n1)oc1c[c-]c(-c3nc4ccccc4n3C(C)(C)C)cc12.Cn1c(-c2[c-]nc3oc4ccccc4c3c2)nc2ccccc21.[2H]C([2H])([2H])c1c[c-]c(-c2cc(CC(C)C)c([Si](C)(C)c3ccccc3)cn2)c(F)c1.[2H]C([2H])([2H])c1cc(-c2[c-]ccc(C([2H])([2H])[2H])c2F)ncc1[Si](C)(C)C.[2H]C([2H])([2H])c1cc(-c2[c-]cccc2F)ncc1[Si](C)(C)C.[Ir].[Ir].[Ir]. The van der Waals surface area contributed by atoms with Gasteiger partial charge in [-0.05, 0) is 183 Å². The van der Waals surface area contributed by atoms with Crippen LogP contribution in [-0.2, 0) is 85.9 Å². The van der Waals surface area contributed by atoms with E-state index < -0.39 is 80.6 Å². The molecule has 13 aromatic heterocycles. The molecule has 0 aliphatic carbocycles. The molecular weight excluding hydrogens is 2360 g/mol. The number of fused-ring (bicyclic) bond motifs is 12. The van der Waals surface area contributed by atoms with Crippen molar-refractivity contribution in [2.75, 3.05) is 0 Å². The number of imidazole rings is 3. The van der Waals surface area contributed by atoms with Crippen molar-refractivity contribution in [2.45, 2.75) is 147 Å². The second kappa shape index (κ2) is 43.5. The van der Waals surface area contributed by atoms with E-state index >= 15 is 0 Å². The Balaban J connectivity index is 0.000000145. The van der Waals surface area contributed by atoms with Crippen molar-refractivity contribution in [3.8, 4) is 67.9 Å². The summed E-state index contributed by atoms with van der Waals surface area (Å²) in [4.78, 5) is 44.3. The van der Waals surface area contributed by atoms with Crippen LogP contribution in [0, 0.1) is 100 Å². The second-order valence-corrected chi connectivity index (χ2v) is 52.4. The molecule has 22 aromatic rings.